The number of fused-ring (bicyclic) bond motifs is 1. The molecule has 10 heteroatoms. The van der Waals surface area contributed by atoms with E-state index in [1.54, 1.807) is 7.11 Å². The van der Waals surface area contributed by atoms with Gasteiger partial charge in [-0.25, -0.2) is 4.98 Å². The quantitative estimate of drug-likeness (QED) is 0.191. The maximum atomic E-state index is 6.76. The second kappa shape index (κ2) is 11.5. The number of methoxy groups -OCH3 is 1. The fraction of sp³-hybridized carbons (Fsp3) is 0.559. The van der Waals surface area contributed by atoms with Crippen molar-refractivity contribution in [3.8, 4) is 11.4 Å². The third kappa shape index (κ3) is 5.62. The molecule has 0 unspecified atom stereocenters. The molecule has 1 N–H and O–H groups in total. The number of hydrogen-bond donors (Lipinski definition) is 1. The highest BCUT2D eigenvalue weighted by Gasteiger charge is 2.39. The standard InChI is InChI=1S/C34H49N7O2Si/c1-22-16-27(17-28(42-7)24(22)3)39-19-29(35-21-39)36-33-37-31(30-23(2)18-41(32(30)38-33)25-12-10-13-25)40-15-11-14-26(40)20-43-44(8,9)34(4,5)6/h16-19,21,25-26H,10-15,20H2,1-9H3,(H,36,37,38)/t26-/m0/s1. The van der Waals surface area contributed by atoms with E-state index < -0.39 is 8.32 Å². The third-order valence-electron chi connectivity index (χ3n) is 10.3. The predicted molar refractivity (Wildman–Crippen MR) is 182 cm³/mol. The summed E-state index contributed by atoms with van der Waals surface area (Å²) in [6, 6.07) is 4.98. The summed E-state index contributed by atoms with van der Waals surface area (Å²) in [5.74, 6) is 3.15. The number of hydrogen-bond acceptors (Lipinski definition) is 7. The lowest BCUT2D eigenvalue weighted by Gasteiger charge is -2.38. The van der Waals surface area contributed by atoms with Crippen LogP contribution >= 0.6 is 0 Å². The number of rotatable bonds is 9. The van der Waals surface area contributed by atoms with Gasteiger partial charge < -0.3 is 28.5 Å². The molecule has 0 amide bonds. The van der Waals surface area contributed by atoms with Gasteiger partial charge in [0.05, 0.1) is 37.0 Å². The number of nitrogens with zero attached hydrogens (tertiary/aromatic N) is 6. The van der Waals surface area contributed by atoms with Gasteiger partial charge in [0.1, 0.15) is 23.5 Å². The molecule has 1 saturated carbocycles. The first-order chi connectivity index (χ1) is 20.9. The van der Waals surface area contributed by atoms with Crippen LogP contribution in [0.5, 0.6) is 5.75 Å². The maximum absolute atomic E-state index is 6.76. The number of imidazole rings is 1. The molecule has 2 fully saturated rings. The van der Waals surface area contributed by atoms with Crippen LogP contribution in [0.25, 0.3) is 16.7 Å². The molecular formula is C34H49N7O2Si. The van der Waals surface area contributed by atoms with Crippen LogP contribution in [0, 0.1) is 20.8 Å². The van der Waals surface area contributed by atoms with E-state index in [9.17, 15) is 0 Å². The summed E-state index contributed by atoms with van der Waals surface area (Å²) in [6.45, 7) is 19.7. The molecule has 0 bridgehead atoms. The van der Waals surface area contributed by atoms with Crippen LogP contribution < -0.4 is 15.0 Å². The Hall–Kier alpha value is -3.37. The van der Waals surface area contributed by atoms with E-state index in [-0.39, 0.29) is 5.04 Å². The Kier molecular flexibility index (Phi) is 8.03. The normalized spacial score (nSPS) is 17.8. The number of nitrogens with one attached hydrogen (secondary N) is 1. The lowest BCUT2D eigenvalue weighted by molar-refractivity contribution is 0.263. The van der Waals surface area contributed by atoms with Gasteiger partial charge in [-0.3, -0.25) is 0 Å². The van der Waals surface area contributed by atoms with Crippen LogP contribution in [0.2, 0.25) is 18.1 Å². The molecule has 1 atom stereocenters. The topological polar surface area (TPSA) is 82.3 Å². The number of benzene rings is 1. The zero-order valence-electron chi connectivity index (χ0n) is 28.0. The van der Waals surface area contributed by atoms with Gasteiger partial charge in [0.2, 0.25) is 5.95 Å². The van der Waals surface area contributed by atoms with E-state index >= 15 is 0 Å². The van der Waals surface area contributed by atoms with Crippen LogP contribution in [0.3, 0.4) is 0 Å². The minimum absolute atomic E-state index is 0.179. The molecule has 2 aliphatic rings. The molecule has 3 aromatic heterocycles. The van der Waals surface area contributed by atoms with Gasteiger partial charge in [0.25, 0.3) is 0 Å². The monoisotopic (exact) mass is 615 g/mol. The van der Waals surface area contributed by atoms with Gasteiger partial charge in [-0.1, -0.05) is 20.8 Å². The smallest absolute Gasteiger partial charge is 0.232 e. The Bertz CT molecular complexity index is 1660. The summed E-state index contributed by atoms with van der Waals surface area (Å²) in [5, 5.41) is 4.80. The average molecular weight is 616 g/mol. The number of aryl methyl sites for hydroxylation is 2. The molecule has 1 aliphatic heterocycles. The highest BCUT2D eigenvalue weighted by Crippen LogP contribution is 2.41. The van der Waals surface area contributed by atoms with E-state index in [4.69, 9.17) is 19.1 Å². The number of ether oxygens (including phenoxy) is 1. The van der Waals surface area contributed by atoms with Crippen LogP contribution in [0.4, 0.5) is 17.6 Å². The number of anilines is 3. The van der Waals surface area contributed by atoms with Crippen molar-refractivity contribution in [2.75, 3.05) is 30.5 Å². The first-order valence-corrected chi connectivity index (χ1v) is 19.0. The minimum Gasteiger partial charge on any atom is -0.496 e. The summed E-state index contributed by atoms with van der Waals surface area (Å²) >= 11 is 0. The molecule has 1 aromatic carbocycles. The Morgan fingerprint density at radius 2 is 1.77 bits per heavy atom. The van der Waals surface area contributed by atoms with Crippen LogP contribution in [-0.4, -0.2) is 58.7 Å². The molecule has 0 radical (unpaired) electrons. The summed E-state index contributed by atoms with van der Waals surface area (Å²) in [5.41, 5.74) is 5.56. The van der Waals surface area contributed by atoms with E-state index in [2.05, 4.69) is 86.7 Å². The first-order valence-electron chi connectivity index (χ1n) is 16.1. The van der Waals surface area contributed by atoms with Gasteiger partial charge in [-0.2, -0.15) is 9.97 Å². The van der Waals surface area contributed by atoms with Gasteiger partial charge in [-0.05, 0) is 93.8 Å². The van der Waals surface area contributed by atoms with Crippen LogP contribution in [0.15, 0.2) is 30.9 Å². The van der Waals surface area contributed by atoms with E-state index in [0.717, 1.165) is 59.8 Å². The van der Waals surface area contributed by atoms with E-state index in [1.165, 1.54) is 30.4 Å². The third-order valence-corrected chi connectivity index (χ3v) is 14.8. The van der Waals surface area contributed by atoms with Crippen molar-refractivity contribution in [1.82, 2.24) is 24.1 Å². The molecule has 4 aromatic rings. The summed E-state index contributed by atoms with van der Waals surface area (Å²) in [6.07, 6.45) is 12.0. The molecule has 9 nitrogen and oxygen atoms in total. The highest BCUT2D eigenvalue weighted by atomic mass is 28.4. The van der Waals surface area contributed by atoms with Crippen LogP contribution in [-0.2, 0) is 4.43 Å². The van der Waals surface area contributed by atoms with Gasteiger partial charge in [-0.15, -0.1) is 0 Å². The predicted octanol–water partition coefficient (Wildman–Crippen LogP) is 8.01. The second-order valence-corrected chi connectivity index (χ2v) is 19.1. The van der Waals surface area contributed by atoms with Crippen molar-refractivity contribution < 1.29 is 9.16 Å². The number of aromatic nitrogens is 5. The van der Waals surface area contributed by atoms with E-state index in [1.807, 2.05) is 23.2 Å². The molecule has 4 heterocycles. The Labute approximate surface area is 263 Å². The van der Waals surface area contributed by atoms with Gasteiger partial charge in [0.15, 0.2) is 14.1 Å². The zero-order chi connectivity index (χ0) is 31.4. The molecular weight excluding hydrogens is 567 g/mol. The van der Waals surface area contributed by atoms with Crippen molar-refractivity contribution in [3.63, 3.8) is 0 Å². The minimum atomic E-state index is -1.87. The fourth-order valence-corrected chi connectivity index (χ4v) is 7.18. The van der Waals surface area contributed by atoms with Crippen molar-refractivity contribution in [2.45, 2.75) is 104 Å². The maximum Gasteiger partial charge on any atom is 0.232 e. The van der Waals surface area contributed by atoms with Crippen molar-refractivity contribution in [2.24, 2.45) is 0 Å². The van der Waals surface area contributed by atoms with Crippen molar-refractivity contribution >= 4 is 36.9 Å². The Balaban J connectivity index is 1.35. The summed E-state index contributed by atoms with van der Waals surface area (Å²) in [7, 11) is -0.159. The van der Waals surface area contributed by atoms with Crippen molar-refractivity contribution in [1.29, 1.82) is 0 Å². The largest absolute Gasteiger partial charge is 0.496 e. The Morgan fingerprint density at radius 3 is 2.45 bits per heavy atom. The molecule has 0 spiro atoms. The first kappa shape index (κ1) is 30.6. The fourth-order valence-electron chi connectivity index (χ4n) is 6.14. The Morgan fingerprint density at radius 1 is 1.00 bits per heavy atom. The second-order valence-electron chi connectivity index (χ2n) is 14.3. The summed E-state index contributed by atoms with van der Waals surface area (Å²) < 4.78 is 16.8. The molecule has 236 valence electrons. The lowest BCUT2D eigenvalue weighted by Crippen LogP contribution is -2.45. The molecule has 44 heavy (non-hydrogen) atoms. The molecule has 6 rings (SSSR count). The van der Waals surface area contributed by atoms with Gasteiger partial charge >= 0.3 is 0 Å². The van der Waals surface area contributed by atoms with Crippen molar-refractivity contribution in [3.05, 3.63) is 47.5 Å². The van der Waals surface area contributed by atoms with E-state index in [0.29, 0.717) is 23.8 Å². The van der Waals surface area contributed by atoms with Crippen LogP contribution in [0.1, 0.15) is 75.6 Å². The highest BCUT2D eigenvalue weighted by molar-refractivity contribution is 6.74. The lowest BCUT2D eigenvalue weighted by atomic mass is 9.93. The summed E-state index contributed by atoms with van der Waals surface area (Å²) in [4.78, 5) is 17.5. The zero-order valence-corrected chi connectivity index (χ0v) is 29.0. The molecule has 1 saturated heterocycles. The van der Waals surface area contributed by atoms with Gasteiger partial charge in [0, 0.05) is 24.8 Å². The SMILES string of the molecule is COc1cc(-n2cnc(Nc3nc(N4CCC[C@H]4CO[Si](C)(C)C(C)(C)C)c4c(C)cn(C5CCC5)c4n3)c2)cc(C)c1C. The molecule has 1 aliphatic carbocycles. The average Bonchev–Trinajstić information content (AvgIpc) is 3.67.